The summed E-state index contributed by atoms with van der Waals surface area (Å²) in [4.78, 5) is 35.3. The lowest BCUT2D eigenvalue weighted by Gasteiger charge is -2.21. The molecule has 0 unspecified atom stereocenters. The predicted octanol–water partition coefficient (Wildman–Crippen LogP) is 5.41. The van der Waals surface area contributed by atoms with Gasteiger partial charge in [-0.1, -0.05) is 18.2 Å². The van der Waals surface area contributed by atoms with Crippen molar-refractivity contribution in [3.05, 3.63) is 81.0 Å². The van der Waals surface area contributed by atoms with E-state index in [0.29, 0.717) is 10.8 Å². The Balaban J connectivity index is 1.66. The molecule has 1 aliphatic rings. The average Bonchev–Trinajstić information content (AvgIpc) is 3.34. The Morgan fingerprint density at radius 1 is 1.06 bits per heavy atom. The van der Waals surface area contributed by atoms with Gasteiger partial charge in [0.2, 0.25) is 11.8 Å². The molecule has 0 saturated carbocycles. The summed E-state index contributed by atoms with van der Waals surface area (Å²) in [5, 5.41) is 2.32. The molecule has 2 heterocycles. The van der Waals surface area contributed by atoms with Crippen molar-refractivity contribution in [1.82, 2.24) is 4.98 Å². The molecule has 32 heavy (non-hydrogen) atoms. The number of amides is 1. The Hall–Kier alpha value is -3.58. The van der Waals surface area contributed by atoms with E-state index in [0.717, 1.165) is 33.5 Å². The smallest absolute Gasteiger partial charge is 0.363 e. The minimum atomic E-state index is -0.522. The summed E-state index contributed by atoms with van der Waals surface area (Å²) in [6.07, 6.45) is 1.58. The van der Waals surface area contributed by atoms with E-state index in [1.807, 2.05) is 64.1 Å². The van der Waals surface area contributed by atoms with E-state index in [-0.39, 0.29) is 17.5 Å². The number of thiazole rings is 1. The molecule has 0 saturated heterocycles. The summed E-state index contributed by atoms with van der Waals surface area (Å²) in [6.45, 7) is 9.52. The first-order chi connectivity index (χ1) is 15.2. The molecule has 0 N–H and O–H groups in total. The molecule has 0 bridgehead atoms. The summed E-state index contributed by atoms with van der Waals surface area (Å²) in [7, 11) is 0. The Morgan fingerprint density at radius 3 is 2.56 bits per heavy atom. The quantitative estimate of drug-likeness (QED) is 0.398. The van der Waals surface area contributed by atoms with Crippen molar-refractivity contribution in [2.24, 2.45) is 4.99 Å². The number of aliphatic imine (C=N–C) groups is 1. The van der Waals surface area contributed by atoms with Gasteiger partial charge in [0.1, 0.15) is 0 Å². The van der Waals surface area contributed by atoms with E-state index >= 15 is 0 Å². The third-order valence-corrected chi connectivity index (χ3v) is 6.34. The number of esters is 1. The Labute approximate surface area is 190 Å². The number of cyclic esters (lactones) is 1. The lowest BCUT2D eigenvalue weighted by atomic mass is 10.1. The van der Waals surface area contributed by atoms with Crippen LogP contribution in [0.2, 0.25) is 0 Å². The summed E-state index contributed by atoms with van der Waals surface area (Å²) in [6, 6.07) is 11.6. The molecule has 6 nitrogen and oxygen atoms in total. The normalized spacial score (nSPS) is 14.5. The molecule has 7 heteroatoms. The molecule has 0 fully saturated rings. The highest BCUT2D eigenvalue weighted by Crippen LogP contribution is 2.33. The second kappa shape index (κ2) is 8.51. The van der Waals surface area contributed by atoms with Gasteiger partial charge in [-0.05, 0) is 74.2 Å². The summed E-state index contributed by atoms with van der Waals surface area (Å²) in [5.41, 5.74) is 6.62. The van der Waals surface area contributed by atoms with E-state index < -0.39 is 5.97 Å². The van der Waals surface area contributed by atoms with E-state index in [4.69, 9.17) is 4.74 Å². The van der Waals surface area contributed by atoms with E-state index in [1.54, 1.807) is 16.4 Å². The van der Waals surface area contributed by atoms with Gasteiger partial charge in [-0.3, -0.25) is 9.69 Å². The fraction of sp³-hybridized carbons (Fsp3) is 0.200. The Morgan fingerprint density at radius 2 is 1.84 bits per heavy atom. The highest BCUT2D eigenvalue weighted by molar-refractivity contribution is 7.14. The molecule has 0 spiro atoms. The van der Waals surface area contributed by atoms with Crippen LogP contribution < -0.4 is 4.90 Å². The largest absolute Gasteiger partial charge is 0.402 e. The number of anilines is 2. The van der Waals surface area contributed by atoms with Gasteiger partial charge in [0.05, 0.1) is 11.4 Å². The molecule has 1 amide bonds. The zero-order chi connectivity index (χ0) is 23.0. The van der Waals surface area contributed by atoms with E-state index in [1.165, 1.54) is 18.3 Å². The number of aromatic nitrogens is 1. The van der Waals surface area contributed by atoms with Crippen molar-refractivity contribution >= 4 is 46.0 Å². The predicted molar refractivity (Wildman–Crippen MR) is 127 cm³/mol. The molecule has 0 aliphatic carbocycles. The van der Waals surface area contributed by atoms with Crippen molar-refractivity contribution in [1.29, 1.82) is 0 Å². The van der Waals surface area contributed by atoms with Gasteiger partial charge in [0.15, 0.2) is 10.8 Å². The van der Waals surface area contributed by atoms with Gasteiger partial charge in [-0.2, -0.15) is 0 Å². The van der Waals surface area contributed by atoms with Crippen molar-refractivity contribution in [2.75, 3.05) is 4.90 Å². The third kappa shape index (κ3) is 4.11. The molecular formula is C25H23N3O3S. The monoisotopic (exact) mass is 445 g/mol. The molecule has 0 radical (unpaired) electrons. The molecular weight excluding hydrogens is 422 g/mol. The molecule has 3 aromatic rings. The molecule has 1 aliphatic heterocycles. The lowest BCUT2D eigenvalue weighted by molar-refractivity contribution is -0.130. The second-order valence-electron chi connectivity index (χ2n) is 7.76. The van der Waals surface area contributed by atoms with Crippen molar-refractivity contribution in [2.45, 2.75) is 34.6 Å². The van der Waals surface area contributed by atoms with Gasteiger partial charge < -0.3 is 4.74 Å². The second-order valence-corrected chi connectivity index (χ2v) is 8.60. The lowest BCUT2D eigenvalue weighted by Crippen LogP contribution is -2.23. The first-order valence-corrected chi connectivity index (χ1v) is 11.0. The van der Waals surface area contributed by atoms with E-state index in [9.17, 15) is 9.59 Å². The molecule has 162 valence electrons. The molecule has 4 rings (SSSR count). The van der Waals surface area contributed by atoms with Gasteiger partial charge in [-0.25, -0.2) is 14.8 Å². The van der Waals surface area contributed by atoms with Gasteiger partial charge in [0.25, 0.3) is 0 Å². The Kier molecular flexibility index (Phi) is 5.76. The van der Waals surface area contributed by atoms with Crippen molar-refractivity contribution < 1.29 is 14.3 Å². The summed E-state index contributed by atoms with van der Waals surface area (Å²) >= 11 is 1.33. The van der Waals surface area contributed by atoms with Crippen LogP contribution in [0.4, 0.5) is 10.8 Å². The average molecular weight is 446 g/mol. The standard InChI is InChI=1S/C25H23N3O3S/c1-14-9-10-19(11-16(14)3)23-27-21(24(30)31-23)12-20-13-32-25(26-20)28(18(5)29)22-8-6-7-15(2)17(22)4/h6-13H,1-5H3/b21-12+. The number of benzene rings is 2. The van der Waals surface area contributed by atoms with Crippen LogP contribution in [0.25, 0.3) is 6.08 Å². The zero-order valence-electron chi connectivity index (χ0n) is 18.6. The molecule has 0 atom stereocenters. The molecule has 2 aromatic carbocycles. The van der Waals surface area contributed by atoms with Crippen LogP contribution in [-0.4, -0.2) is 22.8 Å². The zero-order valence-corrected chi connectivity index (χ0v) is 19.4. The number of hydrogen-bond acceptors (Lipinski definition) is 6. The summed E-state index contributed by atoms with van der Waals surface area (Å²) < 4.78 is 5.37. The first kappa shape index (κ1) is 21.6. The number of carbonyl (C=O) groups is 2. The van der Waals surface area contributed by atoms with Crippen LogP contribution in [0.5, 0.6) is 0 Å². The number of aryl methyl sites for hydroxylation is 3. The maximum Gasteiger partial charge on any atom is 0.363 e. The van der Waals surface area contributed by atoms with Gasteiger partial charge in [-0.15, -0.1) is 11.3 Å². The fourth-order valence-electron chi connectivity index (χ4n) is 3.38. The van der Waals surface area contributed by atoms with Crippen molar-refractivity contribution in [3.8, 4) is 0 Å². The van der Waals surface area contributed by atoms with Gasteiger partial charge in [0, 0.05) is 17.9 Å². The number of nitrogens with zero attached hydrogens (tertiary/aromatic N) is 3. The fourth-order valence-corrected chi connectivity index (χ4v) is 4.21. The van der Waals surface area contributed by atoms with Gasteiger partial charge >= 0.3 is 5.97 Å². The van der Waals surface area contributed by atoms with Crippen LogP contribution in [-0.2, 0) is 14.3 Å². The van der Waals surface area contributed by atoms with E-state index in [2.05, 4.69) is 9.98 Å². The highest BCUT2D eigenvalue weighted by Gasteiger charge is 2.25. The third-order valence-electron chi connectivity index (χ3n) is 5.49. The topological polar surface area (TPSA) is 71.9 Å². The number of carbonyl (C=O) groups excluding carboxylic acids is 2. The Bertz CT molecular complexity index is 1300. The molecule has 1 aromatic heterocycles. The maximum absolute atomic E-state index is 12.4. The summed E-state index contributed by atoms with van der Waals surface area (Å²) in [5.74, 6) is -0.381. The van der Waals surface area contributed by atoms with Crippen LogP contribution in [0, 0.1) is 27.7 Å². The number of hydrogen-bond donors (Lipinski definition) is 0. The maximum atomic E-state index is 12.4. The minimum Gasteiger partial charge on any atom is -0.402 e. The highest BCUT2D eigenvalue weighted by atomic mass is 32.1. The SMILES string of the molecule is CC(=O)N(c1nc(/C=C2/N=C(c3ccc(C)c(C)c3)OC2=O)cs1)c1cccc(C)c1C. The van der Waals surface area contributed by atoms with Crippen LogP contribution in [0.15, 0.2) is 52.5 Å². The number of ether oxygens (including phenoxy) is 1. The van der Waals surface area contributed by atoms with Crippen LogP contribution in [0.3, 0.4) is 0 Å². The van der Waals surface area contributed by atoms with Crippen molar-refractivity contribution in [3.63, 3.8) is 0 Å². The van der Waals surface area contributed by atoms with Crippen LogP contribution in [0.1, 0.15) is 40.4 Å². The first-order valence-electron chi connectivity index (χ1n) is 10.2. The van der Waals surface area contributed by atoms with Crippen LogP contribution >= 0.6 is 11.3 Å². The minimum absolute atomic E-state index is 0.137. The number of rotatable bonds is 4.